The molecule has 0 aliphatic heterocycles. The minimum Gasteiger partial charge on any atom is -0.394 e. The Bertz CT molecular complexity index is 530. The van der Waals surface area contributed by atoms with E-state index < -0.39 is 17.3 Å². The summed E-state index contributed by atoms with van der Waals surface area (Å²) in [6.45, 7) is 2.05. The number of aryl methyl sites for hydroxylation is 1. The van der Waals surface area contributed by atoms with Crippen molar-refractivity contribution in [2.75, 3.05) is 5.73 Å². The number of nitrogens with two attached hydrogens (primary N) is 1. The fourth-order valence-corrected chi connectivity index (χ4v) is 1.64. The van der Waals surface area contributed by atoms with Crippen molar-refractivity contribution >= 4 is 5.69 Å². The van der Waals surface area contributed by atoms with Gasteiger partial charge in [-0.1, -0.05) is 13.3 Å². The molecule has 0 unspecified atom stereocenters. The van der Waals surface area contributed by atoms with Crippen molar-refractivity contribution in [2.24, 2.45) is 0 Å². The number of anilines is 1. The third kappa shape index (κ3) is 2.45. The Morgan fingerprint density at radius 3 is 2.17 bits per heavy atom. The van der Waals surface area contributed by atoms with E-state index in [0.29, 0.717) is 0 Å². The molecular weight excluding hydrogens is 236 g/mol. The zero-order valence-electron chi connectivity index (χ0n) is 9.95. The normalized spacial score (nSPS) is 10.6. The van der Waals surface area contributed by atoms with E-state index in [9.17, 15) is 8.78 Å². The number of hydrogen-bond acceptors (Lipinski definition) is 3. The Balaban J connectivity index is 2.36. The zero-order valence-corrected chi connectivity index (χ0v) is 9.95. The molecule has 94 valence electrons. The minimum atomic E-state index is -0.800. The first kappa shape index (κ1) is 12.4. The van der Waals surface area contributed by atoms with Gasteiger partial charge in [-0.25, -0.2) is 18.7 Å². The number of rotatable bonds is 3. The monoisotopic (exact) mass is 249 g/mol. The van der Waals surface area contributed by atoms with Crippen molar-refractivity contribution in [2.45, 2.75) is 19.8 Å². The lowest BCUT2D eigenvalue weighted by atomic mass is 10.1. The van der Waals surface area contributed by atoms with E-state index in [0.717, 1.165) is 30.5 Å². The molecule has 0 bridgehead atoms. The summed E-state index contributed by atoms with van der Waals surface area (Å²) in [5.74, 6) is -1.31. The lowest BCUT2D eigenvalue weighted by molar-refractivity contribution is 0.592. The van der Waals surface area contributed by atoms with Crippen LogP contribution in [0.15, 0.2) is 24.5 Å². The summed E-state index contributed by atoms with van der Waals surface area (Å²) in [5.41, 5.74) is 5.99. The molecule has 0 atom stereocenters. The van der Waals surface area contributed by atoms with E-state index in [-0.39, 0.29) is 11.4 Å². The molecule has 0 saturated carbocycles. The van der Waals surface area contributed by atoms with E-state index in [1.165, 1.54) is 0 Å². The van der Waals surface area contributed by atoms with E-state index in [1.807, 2.05) is 0 Å². The lowest BCUT2D eigenvalue weighted by Crippen LogP contribution is -1.98. The van der Waals surface area contributed by atoms with Crippen LogP contribution in [-0.2, 0) is 6.42 Å². The van der Waals surface area contributed by atoms with E-state index >= 15 is 0 Å². The molecule has 0 spiro atoms. The van der Waals surface area contributed by atoms with Crippen LogP contribution in [0.1, 0.15) is 18.9 Å². The molecule has 18 heavy (non-hydrogen) atoms. The summed E-state index contributed by atoms with van der Waals surface area (Å²) in [7, 11) is 0. The first-order valence-electron chi connectivity index (χ1n) is 5.67. The number of nitrogens with zero attached hydrogens (tertiary/aromatic N) is 2. The van der Waals surface area contributed by atoms with Crippen molar-refractivity contribution in [3.63, 3.8) is 0 Å². The van der Waals surface area contributed by atoms with Gasteiger partial charge in [0.05, 0.1) is 0 Å². The molecule has 0 radical (unpaired) electrons. The molecule has 2 aromatic rings. The quantitative estimate of drug-likeness (QED) is 0.851. The van der Waals surface area contributed by atoms with Crippen LogP contribution in [-0.4, -0.2) is 9.97 Å². The number of nitrogen functional groups attached to an aromatic ring is 1. The minimum absolute atomic E-state index is 0.280. The highest BCUT2D eigenvalue weighted by molar-refractivity contribution is 5.59. The van der Waals surface area contributed by atoms with Crippen LogP contribution >= 0.6 is 0 Å². The molecular formula is C13H13F2N3. The van der Waals surface area contributed by atoms with Crippen LogP contribution < -0.4 is 5.73 Å². The van der Waals surface area contributed by atoms with Crippen LogP contribution in [0.5, 0.6) is 0 Å². The molecule has 0 saturated heterocycles. The van der Waals surface area contributed by atoms with Gasteiger partial charge >= 0.3 is 0 Å². The lowest BCUT2D eigenvalue weighted by Gasteiger charge is -2.04. The first-order valence-corrected chi connectivity index (χ1v) is 5.67. The molecule has 0 aliphatic carbocycles. The fourth-order valence-electron chi connectivity index (χ4n) is 1.64. The second-order valence-corrected chi connectivity index (χ2v) is 4.02. The van der Waals surface area contributed by atoms with Gasteiger partial charge in [0.2, 0.25) is 0 Å². The average molecular weight is 249 g/mol. The maximum Gasteiger partial charge on any atom is 0.159 e. The highest BCUT2D eigenvalue weighted by Crippen LogP contribution is 2.23. The van der Waals surface area contributed by atoms with E-state index in [4.69, 9.17) is 5.73 Å². The summed E-state index contributed by atoms with van der Waals surface area (Å²) >= 11 is 0. The predicted octanol–water partition coefficient (Wildman–Crippen LogP) is 2.96. The first-order chi connectivity index (χ1) is 8.61. The molecule has 1 aromatic heterocycles. The smallest absolute Gasteiger partial charge is 0.159 e. The molecule has 5 heteroatoms. The van der Waals surface area contributed by atoms with Crippen LogP contribution in [0.2, 0.25) is 0 Å². The Labute approximate surface area is 104 Å². The van der Waals surface area contributed by atoms with Crippen molar-refractivity contribution in [3.8, 4) is 11.4 Å². The molecule has 0 aliphatic rings. The summed E-state index contributed by atoms with van der Waals surface area (Å²) in [6, 6.07) is 2.26. The largest absolute Gasteiger partial charge is 0.394 e. The third-order valence-electron chi connectivity index (χ3n) is 2.58. The summed E-state index contributed by atoms with van der Waals surface area (Å²) in [4.78, 5) is 8.19. The summed E-state index contributed by atoms with van der Waals surface area (Å²) in [6.07, 6.45) is 5.20. The zero-order chi connectivity index (χ0) is 13.1. The van der Waals surface area contributed by atoms with Crippen molar-refractivity contribution in [1.82, 2.24) is 9.97 Å². The van der Waals surface area contributed by atoms with Gasteiger partial charge in [-0.2, -0.15) is 0 Å². The van der Waals surface area contributed by atoms with Crippen LogP contribution in [0.3, 0.4) is 0 Å². The Morgan fingerprint density at radius 1 is 1.11 bits per heavy atom. The SMILES string of the molecule is CCCc1cnc(-c2cc(F)c(N)c(F)c2)nc1. The molecule has 1 heterocycles. The van der Waals surface area contributed by atoms with Gasteiger partial charge in [0.1, 0.15) is 17.3 Å². The molecule has 1 aromatic carbocycles. The van der Waals surface area contributed by atoms with Gasteiger partial charge in [0.15, 0.2) is 5.82 Å². The van der Waals surface area contributed by atoms with Crippen LogP contribution in [0.25, 0.3) is 11.4 Å². The Morgan fingerprint density at radius 2 is 1.67 bits per heavy atom. The maximum atomic E-state index is 13.3. The Kier molecular flexibility index (Phi) is 3.50. The maximum absolute atomic E-state index is 13.3. The van der Waals surface area contributed by atoms with Gasteiger partial charge in [-0.3, -0.25) is 0 Å². The Hall–Kier alpha value is -2.04. The van der Waals surface area contributed by atoms with E-state index in [2.05, 4.69) is 16.9 Å². The molecule has 3 nitrogen and oxygen atoms in total. The second-order valence-electron chi connectivity index (χ2n) is 4.02. The summed E-state index contributed by atoms with van der Waals surface area (Å²) in [5, 5.41) is 0. The van der Waals surface area contributed by atoms with Crippen molar-refractivity contribution in [3.05, 3.63) is 41.7 Å². The standard InChI is InChI=1S/C13H13F2N3/c1-2-3-8-6-17-13(18-7-8)9-4-10(14)12(16)11(15)5-9/h4-7H,2-3,16H2,1H3. The molecule has 0 fully saturated rings. The van der Waals surface area contributed by atoms with Gasteiger partial charge in [0.25, 0.3) is 0 Å². The van der Waals surface area contributed by atoms with Gasteiger partial charge in [0, 0.05) is 18.0 Å². The van der Waals surface area contributed by atoms with Crippen LogP contribution in [0.4, 0.5) is 14.5 Å². The molecule has 2 N–H and O–H groups in total. The number of hydrogen-bond donors (Lipinski definition) is 1. The topological polar surface area (TPSA) is 51.8 Å². The number of benzene rings is 1. The third-order valence-corrected chi connectivity index (χ3v) is 2.58. The van der Waals surface area contributed by atoms with Crippen molar-refractivity contribution < 1.29 is 8.78 Å². The van der Waals surface area contributed by atoms with Gasteiger partial charge in [-0.15, -0.1) is 0 Å². The fraction of sp³-hybridized carbons (Fsp3) is 0.231. The molecule has 2 rings (SSSR count). The average Bonchev–Trinajstić information content (AvgIpc) is 2.37. The van der Waals surface area contributed by atoms with Gasteiger partial charge < -0.3 is 5.73 Å². The second kappa shape index (κ2) is 5.08. The summed E-state index contributed by atoms with van der Waals surface area (Å²) < 4.78 is 26.6. The number of aromatic nitrogens is 2. The predicted molar refractivity (Wildman–Crippen MR) is 65.8 cm³/mol. The van der Waals surface area contributed by atoms with Crippen molar-refractivity contribution in [1.29, 1.82) is 0 Å². The van der Waals surface area contributed by atoms with E-state index in [1.54, 1.807) is 12.4 Å². The molecule has 0 amide bonds. The van der Waals surface area contributed by atoms with Gasteiger partial charge in [-0.05, 0) is 24.1 Å². The highest BCUT2D eigenvalue weighted by atomic mass is 19.1. The van der Waals surface area contributed by atoms with Crippen LogP contribution in [0, 0.1) is 11.6 Å². The number of halogens is 2. The highest BCUT2D eigenvalue weighted by Gasteiger charge is 2.10.